The van der Waals surface area contributed by atoms with E-state index in [2.05, 4.69) is 54.4 Å². The Morgan fingerprint density at radius 3 is 2.45 bits per heavy atom. The van der Waals surface area contributed by atoms with E-state index in [4.69, 9.17) is 4.74 Å². The van der Waals surface area contributed by atoms with Gasteiger partial charge in [-0.2, -0.15) is 0 Å². The fourth-order valence-electron chi connectivity index (χ4n) is 4.97. The number of aryl methyl sites for hydroxylation is 1. The number of hydrogen-bond acceptors (Lipinski definition) is 2. The van der Waals surface area contributed by atoms with Gasteiger partial charge < -0.3 is 9.72 Å². The fourth-order valence-corrected chi connectivity index (χ4v) is 4.97. The third-order valence-corrected chi connectivity index (χ3v) is 6.61. The van der Waals surface area contributed by atoms with Crippen LogP contribution in [0.3, 0.4) is 0 Å². The standard InChI is InChI=1S/C29H24N2O2/c1-19-13-15-21(16-14-19)28-27-24(23-10-4-5-11-25(23)30-27)17-18-31(28)29(32)33-26-12-6-8-20-7-2-3-9-22(20)26/h2-16,28,30H,17-18H2,1H3. The van der Waals surface area contributed by atoms with Crippen LogP contribution in [-0.4, -0.2) is 22.5 Å². The van der Waals surface area contributed by atoms with Crippen molar-refractivity contribution in [1.82, 2.24) is 9.88 Å². The summed E-state index contributed by atoms with van der Waals surface area (Å²) in [6.07, 6.45) is 0.452. The first-order valence-corrected chi connectivity index (χ1v) is 11.3. The Balaban J connectivity index is 1.43. The smallest absolute Gasteiger partial charge is 0.410 e. The van der Waals surface area contributed by atoms with Gasteiger partial charge in [-0.3, -0.25) is 4.90 Å². The van der Waals surface area contributed by atoms with Gasteiger partial charge in [0.15, 0.2) is 0 Å². The predicted molar refractivity (Wildman–Crippen MR) is 132 cm³/mol. The van der Waals surface area contributed by atoms with Crippen LogP contribution < -0.4 is 4.74 Å². The van der Waals surface area contributed by atoms with E-state index in [0.717, 1.165) is 34.0 Å². The number of rotatable bonds is 2. The van der Waals surface area contributed by atoms with Gasteiger partial charge in [-0.25, -0.2) is 4.79 Å². The van der Waals surface area contributed by atoms with Crippen molar-refractivity contribution in [3.8, 4) is 5.75 Å². The van der Waals surface area contributed by atoms with Gasteiger partial charge in [-0.05, 0) is 42.0 Å². The van der Waals surface area contributed by atoms with Crippen LogP contribution in [-0.2, 0) is 6.42 Å². The number of H-pyrrole nitrogens is 1. The molecule has 0 aliphatic carbocycles. The summed E-state index contributed by atoms with van der Waals surface area (Å²) >= 11 is 0. The zero-order valence-electron chi connectivity index (χ0n) is 18.4. The van der Waals surface area contributed by atoms with E-state index in [1.54, 1.807) is 0 Å². The van der Waals surface area contributed by atoms with Crippen LogP contribution in [0.5, 0.6) is 5.75 Å². The highest BCUT2D eigenvalue weighted by Crippen LogP contribution is 2.39. The monoisotopic (exact) mass is 432 g/mol. The average molecular weight is 433 g/mol. The maximum atomic E-state index is 13.6. The number of benzene rings is 4. The Bertz CT molecular complexity index is 1480. The molecule has 1 aliphatic rings. The minimum atomic E-state index is -0.332. The van der Waals surface area contributed by atoms with E-state index >= 15 is 0 Å². The third kappa shape index (κ3) is 3.35. The third-order valence-electron chi connectivity index (χ3n) is 6.61. The number of para-hydroxylation sites is 1. The van der Waals surface area contributed by atoms with Crippen molar-refractivity contribution in [2.24, 2.45) is 0 Å². The molecule has 0 bridgehead atoms. The molecular weight excluding hydrogens is 408 g/mol. The Hall–Kier alpha value is -4.05. The number of nitrogens with one attached hydrogen (secondary N) is 1. The highest BCUT2D eigenvalue weighted by Gasteiger charge is 2.35. The molecule has 0 radical (unpaired) electrons. The van der Waals surface area contributed by atoms with Gasteiger partial charge >= 0.3 is 6.09 Å². The second kappa shape index (κ2) is 7.82. The molecule has 1 N–H and O–H groups in total. The highest BCUT2D eigenvalue weighted by molar-refractivity contribution is 5.90. The highest BCUT2D eigenvalue weighted by atomic mass is 16.6. The number of aromatic amines is 1. The number of ether oxygens (including phenoxy) is 1. The van der Waals surface area contributed by atoms with Gasteiger partial charge in [0.2, 0.25) is 0 Å². The molecule has 4 aromatic carbocycles. The summed E-state index contributed by atoms with van der Waals surface area (Å²) in [5, 5.41) is 3.21. The normalized spacial score (nSPS) is 15.5. The summed E-state index contributed by atoms with van der Waals surface area (Å²) in [7, 11) is 0. The topological polar surface area (TPSA) is 45.3 Å². The summed E-state index contributed by atoms with van der Waals surface area (Å²) in [6.45, 7) is 2.67. The van der Waals surface area contributed by atoms with Crippen molar-refractivity contribution in [2.45, 2.75) is 19.4 Å². The Morgan fingerprint density at radius 1 is 0.879 bits per heavy atom. The maximum absolute atomic E-state index is 13.6. The van der Waals surface area contributed by atoms with Crippen LogP contribution in [0, 0.1) is 6.92 Å². The van der Waals surface area contributed by atoms with E-state index in [1.165, 1.54) is 16.5 Å². The number of carbonyl (C=O) groups excluding carboxylic acids is 1. The summed E-state index contributed by atoms with van der Waals surface area (Å²) < 4.78 is 6.00. The van der Waals surface area contributed by atoms with E-state index < -0.39 is 0 Å². The lowest BCUT2D eigenvalue weighted by molar-refractivity contribution is 0.135. The number of nitrogens with zero attached hydrogens (tertiary/aromatic N) is 1. The summed E-state index contributed by atoms with van der Waals surface area (Å²) in [4.78, 5) is 19.0. The number of carbonyl (C=O) groups is 1. The molecule has 0 saturated carbocycles. The molecule has 1 amide bonds. The number of aromatic nitrogens is 1. The van der Waals surface area contributed by atoms with Gasteiger partial charge in [0.05, 0.1) is 0 Å². The average Bonchev–Trinajstić information content (AvgIpc) is 3.23. The minimum Gasteiger partial charge on any atom is -0.410 e. The first-order chi connectivity index (χ1) is 16.2. The second-order valence-corrected chi connectivity index (χ2v) is 8.66. The second-order valence-electron chi connectivity index (χ2n) is 8.66. The van der Waals surface area contributed by atoms with Gasteiger partial charge in [0.1, 0.15) is 11.8 Å². The molecule has 6 rings (SSSR count). The zero-order chi connectivity index (χ0) is 22.4. The van der Waals surface area contributed by atoms with E-state index in [9.17, 15) is 4.79 Å². The number of hydrogen-bond donors (Lipinski definition) is 1. The van der Waals surface area contributed by atoms with Crippen LogP contribution in [0.1, 0.15) is 28.4 Å². The van der Waals surface area contributed by atoms with Crippen LogP contribution >= 0.6 is 0 Å². The molecule has 0 fully saturated rings. The molecule has 5 aromatic rings. The van der Waals surface area contributed by atoms with Crippen molar-refractivity contribution in [2.75, 3.05) is 6.54 Å². The summed E-state index contributed by atoms with van der Waals surface area (Å²) in [5.41, 5.74) is 5.72. The first kappa shape index (κ1) is 19.6. The molecule has 162 valence electrons. The first-order valence-electron chi connectivity index (χ1n) is 11.3. The van der Waals surface area contributed by atoms with Crippen molar-refractivity contribution >= 4 is 27.8 Å². The van der Waals surface area contributed by atoms with Gasteiger partial charge in [0.25, 0.3) is 0 Å². The summed E-state index contributed by atoms with van der Waals surface area (Å²) in [5.74, 6) is 0.586. The molecule has 1 aliphatic heterocycles. The van der Waals surface area contributed by atoms with Crippen molar-refractivity contribution in [1.29, 1.82) is 0 Å². The van der Waals surface area contributed by atoms with E-state index in [0.29, 0.717) is 12.3 Å². The molecule has 1 atom stereocenters. The van der Waals surface area contributed by atoms with E-state index in [1.807, 2.05) is 53.4 Å². The molecule has 4 nitrogen and oxygen atoms in total. The van der Waals surface area contributed by atoms with Crippen molar-refractivity contribution in [3.05, 3.63) is 113 Å². The largest absolute Gasteiger partial charge is 0.416 e. The lowest BCUT2D eigenvalue weighted by Crippen LogP contribution is -2.42. The van der Waals surface area contributed by atoms with Crippen LogP contribution in [0.25, 0.3) is 21.7 Å². The Kier molecular flexibility index (Phi) is 4.65. The lowest BCUT2D eigenvalue weighted by atomic mass is 9.92. The van der Waals surface area contributed by atoms with Crippen LogP contribution in [0.15, 0.2) is 91.0 Å². The predicted octanol–water partition coefficient (Wildman–Crippen LogP) is 6.78. The number of fused-ring (bicyclic) bond motifs is 4. The maximum Gasteiger partial charge on any atom is 0.416 e. The molecule has 0 spiro atoms. The minimum absolute atomic E-state index is 0.232. The molecule has 1 aromatic heterocycles. The molecule has 2 heterocycles. The number of amides is 1. The summed E-state index contributed by atoms with van der Waals surface area (Å²) in [6, 6.07) is 30.3. The van der Waals surface area contributed by atoms with E-state index in [-0.39, 0.29) is 12.1 Å². The molecule has 1 unspecified atom stereocenters. The zero-order valence-corrected chi connectivity index (χ0v) is 18.4. The molecular formula is C29H24N2O2. The van der Waals surface area contributed by atoms with Gasteiger partial charge in [0, 0.05) is 28.5 Å². The fraction of sp³-hybridized carbons (Fsp3) is 0.138. The van der Waals surface area contributed by atoms with Crippen LogP contribution in [0.2, 0.25) is 0 Å². The van der Waals surface area contributed by atoms with Crippen LogP contribution in [0.4, 0.5) is 4.79 Å². The molecule has 4 heteroatoms. The Labute approximate surface area is 192 Å². The van der Waals surface area contributed by atoms with Crippen molar-refractivity contribution in [3.63, 3.8) is 0 Å². The Morgan fingerprint density at radius 2 is 1.61 bits per heavy atom. The van der Waals surface area contributed by atoms with Crippen molar-refractivity contribution < 1.29 is 9.53 Å². The molecule has 33 heavy (non-hydrogen) atoms. The van der Waals surface area contributed by atoms with Gasteiger partial charge in [-0.1, -0.05) is 84.4 Å². The SMILES string of the molecule is Cc1ccc(C2c3[nH]c4ccccc4c3CCN2C(=O)Oc2cccc3ccccc23)cc1. The van der Waals surface area contributed by atoms with Gasteiger partial charge in [-0.15, -0.1) is 0 Å². The molecule has 0 saturated heterocycles. The lowest BCUT2D eigenvalue weighted by Gasteiger charge is -2.35. The quantitative estimate of drug-likeness (QED) is 0.334.